The minimum Gasteiger partial charge on any atom is -0.365 e. The van der Waals surface area contributed by atoms with Crippen LogP contribution in [0.3, 0.4) is 0 Å². The number of hydrogen-bond donors (Lipinski definition) is 2. The number of nitrogens with one attached hydrogen (secondary N) is 2. The van der Waals surface area contributed by atoms with Gasteiger partial charge in [-0.2, -0.15) is 4.98 Å². The summed E-state index contributed by atoms with van der Waals surface area (Å²) in [6, 6.07) is 10.1. The minimum atomic E-state index is 0.526. The van der Waals surface area contributed by atoms with E-state index < -0.39 is 0 Å². The fourth-order valence-electron chi connectivity index (χ4n) is 1.59. The Morgan fingerprint density at radius 3 is 2.68 bits per heavy atom. The third-order valence-electron chi connectivity index (χ3n) is 2.58. The molecule has 0 unspecified atom stereocenters. The molecule has 0 fully saturated rings. The minimum absolute atomic E-state index is 0.526. The van der Waals surface area contributed by atoms with E-state index in [2.05, 4.69) is 39.7 Å². The molecule has 0 aliphatic heterocycles. The molecule has 2 rings (SSSR count). The molecule has 0 saturated carbocycles. The predicted octanol–water partition coefficient (Wildman–Crippen LogP) is 3.56. The van der Waals surface area contributed by atoms with E-state index in [1.165, 1.54) is 5.56 Å². The zero-order valence-corrected chi connectivity index (χ0v) is 11.6. The van der Waals surface area contributed by atoms with Crippen LogP contribution in [0.1, 0.15) is 18.9 Å². The summed E-state index contributed by atoms with van der Waals surface area (Å²) >= 11 is 6.08. The predicted molar refractivity (Wildman–Crippen MR) is 79.6 cm³/mol. The highest BCUT2D eigenvalue weighted by Crippen LogP contribution is 2.20. The van der Waals surface area contributed by atoms with Crippen molar-refractivity contribution in [1.82, 2.24) is 9.97 Å². The number of rotatable bonds is 6. The molecule has 0 aliphatic rings. The molecule has 4 nitrogen and oxygen atoms in total. The monoisotopic (exact) mass is 276 g/mol. The van der Waals surface area contributed by atoms with E-state index in [9.17, 15) is 0 Å². The Labute approximate surface area is 118 Å². The van der Waals surface area contributed by atoms with Gasteiger partial charge in [-0.1, -0.05) is 48.9 Å². The topological polar surface area (TPSA) is 49.8 Å². The first-order chi connectivity index (χ1) is 9.29. The number of aromatic nitrogens is 2. The Balaban J connectivity index is 2.02. The maximum Gasteiger partial charge on any atom is 0.224 e. The lowest BCUT2D eigenvalue weighted by atomic mass is 10.2. The molecule has 0 atom stereocenters. The molecule has 1 heterocycles. The van der Waals surface area contributed by atoms with Crippen LogP contribution in [0, 0.1) is 0 Å². The molecule has 0 radical (unpaired) electrons. The molecule has 0 saturated heterocycles. The van der Waals surface area contributed by atoms with Crippen molar-refractivity contribution < 1.29 is 0 Å². The summed E-state index contributed by atoms with van der Waals surface area (Å²) in [5, 5.41) is 6.89. The molecule has 19 heavy (non-hydrogen) atoms. The van der Waals surface area contributed by atoms with Gasteiger partial charge in [0.1, 0.15) is 5.02 Å². The molecule has 0 spiro atoms. The highest BCUT2D eigenvalue weighted by atomic mass is 35.5. The van der Waals surface area contributed by atoms with Gasteiger partial charge in [-0.05, 0) is 12.0 Å². The van der Waals surface area contributed by atoms with E-state index in [4.69, 9.17) is 11.6 Å². The Morgan fingerprint density at radius 1 is 1.16 bits per heavy atom. The number of hydrogen-bond acceptors (Lipinski definition) is 4. The fourth-order valence-corrected chi connectivity index (χ4v) is 1.75. The molecular weight excluding hydrogens is 260 g/mol. The number of halogens is 1. The Morgan fingerprint density at radius 2 is 1.95 bits per heavy atom. The van der Waals surface area contributed by atoms with Gasteiger partial charge in [-0.3, -0.25) is 0 Å². The van der Waals surface area contributed by atoms with Gasteiger partial charge >= 0.3 is 0 Å². The molecule has 1 aromatic heterocycles. The van der Waals surface area contributed by atoms with Crippen LogP contribution >= 0.6 is 11.6 Å². The highest BCUT2D eigenvalue weighted by molar-refractivity contribution is 6.32. The maximum absolute atomic E-state index is 6.08. The largest absolute Gasteiger partial charge is 0.365 e. The summed E-state index contributed by atoms with van der Waals surface area (Å²) in [7, 11) is 0. The van der Waals surface area contributed by atoms with Crippen molar-refractivity contribution in [3.05, 3.63) is 47.1 Å². The van der Waals surface area contributed by atoms with Gasteiger partial charge in [0, 0.05) is 13.1 Å². The molecule has 0 aliphatic carbocycles. The molecule has 0 bridgehead atoms. The molecular formula is C14H17ClN4. The molecule has 1 aromatic carbocycles. The van der Waals surface area contributed by atoms with E-state index in [0.717, 1.165) is 13.0 Å². The van der Waals surface area contributed by atoms with Crippen molar-refractivity contribution in [2.45, 2.75) is 19.9 Å². The lowest BCUT2D eigenvalue weighted by Crippen LogP contribution is -2.08. The third-order valence-corrected chi connectivity index (χ3v) is 2.86. The van der Waals surface area contributed by atoms with Crippen molar-refractivity contribution in [3.8, 4) is 0 Å². The first kappa shape index (κ1) is 13.6. The smallest absolute Gasteiger partial charge is 0.224 e. The molecule has 2 aromatic rings. The average molecular weight is 277 g/mol. The van der Waals surface area contributed by atoms with E-state index in [1.54, 1.807) is 6.20 Å². The SMILES string of the molecule is CCCNc1ncc(Cl)c(NCc2ccccc2)n1. The van der Waals surface area contributed by atoms with Crippen LogP contribution < -0.4 is 10.6 Å². The summed E-state index contributed by atoms with van der Waals surface area (Å²) < 4.78 is 0. The second-order valence-electron chi connectivity index (χ2n) is 4.16. The van der Waals surface area contributed by atoms with E-state index in [1.807, 2.05) is 18.2 Å². The number of nitrogens with zero attached hydrogens (tertiary/aromatic N) is 2. The summed E-state index contributed by atoms with van der Waals surface area (Å²) in [4.78, 5) is 8.50. The second kappa shape index (κ2) is 6.95. The Kier molecular flexibility index (Phi) is 4.98. The molecule has 2 N–H and O–H groups in total. The van der Waals surface area contributed by atoms with Crippen molar-refractivity contribution in [3.63, 3.8) is 0 Å². The first-order valence-electron chi connectivity index (χ1n) is 6.34. The van der Waals surface area contributed by atoms with Gasteiger partial charge in [0.15, 0.2) is 5.82 Å². The summed E-state index contributed by atoms with van der Waals surface area (Å²) in [5.41, 5.74) is 1.18. The highest BCUT2D eigenvalue weighted by Gasteiger charge is 2.04. The summed E-state index contributed by atoms with van der Waals surface area (Å²) in [6.07, 6.45) is 2.64. The second-order valence-corrected chi connectivity index (χ2v) is 4.56. The standard InChI is InChI=1S/C14H17ClN4/c1-2-8-16-14-18-10-12(15)13(19-14)17-9-11-6-4-3-5-7-11/h3-7,10H,2,8-9H2,1H3,(H2,16,17,18,19). The zero-order valence-electron chi connectivity index (χ0n) is 10.9. The van der Waals surface area contributed by atoms with Crippen LogP contribution in [-0.2, 0) is 6.54 Å². The zero-order chi connectivity index (χ0) is 13.5. The van der Waals surface area contributed by atoms with Crippen molar-refractivity contribution in [2.24, 2.45) is 0 Å². The van der Waals surface area contributed by atoms with Gasteiger partial charge in [0.2, 0.25) is 5.95 Å². The summed E-state index contributed by atoms with van der Waals surface area (Å²) in [5.74, 6) is 1.25. The van der Waals surface area contributed by atoms with Crippen molar-refractivity contribution in [1.29, 1.82) is 0 Å². The van der Waals surface area contributed by atoms with Gasteiger partial charge in [-0.15, -0.1) is 0 Å². The van der Waals surface area contributed by atoms with Gasteiger partial charge in [-0.25, -0.2) is 4.98 Å². The quantitative estimate of drug-likeness (QED) is 0.847. The van der Waals surface area contributed by atoms with E-state index in [0.29, 0.717) is 23.3 Å². The lowest BCUT2D eigenvalue weighted by Gasteiger charge is -2.09. The first-order valence-corrected chi connectivity index (χ1v) is 6.71. The van der Waals surface area contributed by atoms with Crippen LogP contribution in [0.4, 0.5) is 11.8 Å². The number of anilines is 2. The normalized spacial score (nSPS) is 10.2. The van der Waals surface area contributed by atoms with E-state index >= 15 is 0 Å². The molecule has 0 amide bonds. The maximum atomic E-state index is 6.08. The molecule has 100 valence electrons. The number of benzene rings is 1. The van der Waals surface area contributed by atoms with Crippen molar-refractivity contribution >= 4 is 23.4 Å². The Bertz CT molecular complexity index is 516. The van der Waals surface area contributed by atoms with Crippen LogP contribution in [0.15, 0.2) is 36.5 Å². The van der Waals surface area contributed by atoms with Gasteiger partial charge in [0.05, 0.1) is 6.20 Å². The van der Waals surface area contributed by atoms with Crippen LogP contribution in [-0.4, -0.2) is 16.5 Å². The Hall–Kier alpha value is -1.81. The lowest BCUT2D eigenvalue weighted by molar-refractivity contribution is 0.950. The molecule has 5 heteroatoms. The van der Waals surface area contributed by atoms with Crippen LogP contribution in [0.2, 0.25) is 5.02 Å². The van der Waals surface area contributed by atoms with Crippen LogP contribution in [0.5, 0.6) is 0 Å². The average Bonchev–Trinajstić information content (AvgIpc) is 2.46. The van der Waals surface area contributed by atoms with E-state index in [-0.39, 0.29) is 0 Å². The summed E-state index contributed by atoms with van der Waals surface area (Å²) in [6.45, 7) is 3.63. The van der Waals surface area contributed by atoms with Gasteiger partial charge in [0.25, 0.3) is 0 Å². The third kappa shape index (κ3) is 4.10. The fraction of sp³-hybridized carbons (Fsp3) is 0.286. The van der Waals surface area contributed by atoms with Gasteiger partial charge < -0.3 is 10.6 Å². The van der Waals surface area contributed by atoms with Crippen LogP contribution in [0.25, 0.3) is 0 Å². The van der Waals surface area contributed by atoms with Crippen molar-refractivity contribution in [2.75, 3.05) is 17.2 Å².